The van der Waals surface area contributed by atoms with Gasteiger partial charge in [-0.05, 0) is 12.0 Å². The van der Waals surface area contributed by atoms with Crippen molar-refractivity contribution in [1.82, 2.24) is 4.90 Å². The van der Waals surface area contributed by atoms with E-state index in [1.54, 1.807) is 0 Å². The number of rotatable bonds is 1. The minimum atomic E-state index is 1.06. The van der Waals surface area contributed by atoms with Crippen LogP contribution in [0.5, 0.6) is 0 Å². The van der Waals surface area contributed by atoms with Gasteiger partial charge in [0, 0.05) is 20.3 Å². The van der Waals surface area contributed by atoms with Gasteiger partial charge in [-0.1, -0.05) is 24.3 Å². The van der Waals surface area contributed by atoms with E-state index in [2.05, 4.69) is 35.4 Å². The second-order valence-electron chi connectivity index (χ2n) is 2.66. The fraction of sp³-hybridized carbons (Fsp3) is 0.333. The van der Waals surface area contributed by atoms with E-state index < -0.39 is 0 Å². The van der Waals surface area contributed by atoms with E-state index in [0.29, 0.717) is 0 Å². The summed E-state index contributed by atoms with van der Waals surface area (Å²) in [5.41, 5.74) is 1.37. The van der Waals surface area contributed by atoms with E-state index in [-0.39, 0.29) is 0 Å². The summed E-state index contributed by atoms with van der Waals surface area (Å²) < 4.78 is 0. The van der Waals surface area contributed by atoms with Crippen LogP contribution in [-0.4, -0.2) is 19.0 Å². The highest BCUT2D eigenvalue weighted by Gasteiger charge is 1.92. The Kier molecular flexibility index (Phi) is 2.32. The number of hydrogen-bond donors (Lipinski definition) is 0. The lowest BCUT2D eigenvalue weighted by atomic mass is 10.1. The molecule has 0 radical (unpaired) electrons. The van der Waals surface area contributed by atoms with Gasteiger partial charge in [-0.3, -0.25) is 0 Å². The molecule has 0 heterocycles. The van der Waals surface area contributed by atoms with Gasteiger partial charge in [0.2, 0.25) is 0 Å². The molecule has 1 rings (SSSR count). The average molecular weight is 135 g/mol. The summed E-state index contributed by atoms with van der Waals surface area (Å²) in [7, 11) is 4.08. The Labute approximate surface area is 62.3 Å². The van der Waals surface area contributed by atoms with Crippen molar-refractivity contribution in [3.8, 4) is 0 Å². The second-order valence-corrected chi connectivity index (χ2v) is 2.66. The van der Waals surface area contributed by atoms with Crippen LogP contribution in [0.2, 0.25) is 0 Å². The largest absolute Gasteiger partial charge is 0.383 e. The van der Waals surface area contributed by atoms with Crippen molar-refractivity contribution in [2.24, 2.45) is 0 Å². The third-order valence-corrected chi connectivity index (χ3v) is 1.34. The van der Waals surface area contributed by atoms with Gasteiger partial charge in [-0.25, -0.2) is 0 Å². The zero-order chi connectivity index (χ0) is 7.40. The SMILES string of the molecule is CN(C)C=C1C=CC=CC1. The highest BCUT2D eigenvalue weighted by atomic mass is 15.0. The van der Waals surface area contributed by atoms with Crippen LogP contribution in [0.4, 0.5) is 0 Å². The molecule has 0 aromatic carbocycles. The van der Waals surface area contributed by atoms with Crippen LogP contribution in [0.25, 0.3) is 0 Å². The van der Waals surface area contributed by atoms with Crippen LogP contribution >= 0.6 is 0 Å². The summed E-state index contributed by atoms with van der Waals surface area (Å²) >= 11 is 0. The van der Waals surface area contributed by atoms with Crippen molar-refractivity contribution in [3.05, 3.63) is 36.1 Å². The normalized spacial score (nSPS) is 20.0. The van der Waals surface area contributed by atoms with E-state index in [1.165, 1.54) is 5.57 Å². The van der Waals surface area contributed by atoms with Crippen molar-refractivity contribution in [1.29, 1.82) is 0 Å². The fourth-order valence-electron chi connectivity index (χ4n) is 0.957. The van der Waals surface area contributed by atoms with Crippen LogP contribution in [0.3, 0.4) is 0 Å². The first-order valence-electron chi connectivity index (χ1n) is 3.49. The molecule has 0 amide bonds. The molecule has 1 heteroatoms. The Hall–Kier alpha value is -0.980. The predicted molar refractivity (Wildman–Crippen MR) is 44.7 cm³/mol. The molecule has 0 spiro atoms. The van der Waals surface area contributed by atoms with Gasteiger partial charge < -0.3 is 4.90 Å². The Morgan fingerprint density at radius 1 is 1.40 bits per heavy atom. The van der Waals surface area contributed by atoms with Crippen molar-refractivity contribution < 1.29 is 0 Å². The van der Waals surface area contributed by atoms with Crippen LogP contribution in [-0.2, 0) is 0 Å². The van der Waals surface area contributed by atoms with Crippen LogP contribution in [0, 0.1) is 0 Å². The zero-order valence-corrected chi connectivity index (χ0v) is 6.54. The smallest absolute Gasteiger partial charge is 0.00557 e. The minimum absolute atomic E-state index is 1.06. The molecule has 1 aliphatic carbocycles. The molecule has 0 fully saturated rings. The maximum atomic E-state index is 2.16. The van der Waals surface area contributed by atoms with Crippen LogP contribution in [0.1, 0.15) is 6.42 Å². The van der Waals surface area contributed by atoms with Gasteiger partial charge in [-0.15, -0.1) is 0 Å². The van der Waals surface area contributed by atoms with Gasteiger partial charge in [0.1, 0.15) is 0 Å². The average Bonchev–Trinajstić information content (AvgIpc) is 1.88. The first-order valence-corrected chi connectivity index (χ1v) is 3.49. The lowest BCUT2D eigenvalue weighted by Crippen LogP contribution is -2.02. The monoisotopic (exact) mass is 135 g/mol. The first-order chi connectivity index (χ1) is 4.79. The predicted octanol–water partition coefficient (Wildman–Crippen LogP) is 1.95. The van der Waals surface area contributed by atoms with Crippen molar-refractivity contribution in [3.63, 3.8) is 0 Å². The van der Waals surface area contributed by atoms with Crippen molar-refractivity contribution in [2.45, 2.75) is 6.42 Å². The molecule has 0 aromatic heterocycles. The first kappa shape index (κ1) is 7.13. The van der Waals surface area contributed by atoms with E-state index in [4.69, 9.17) is 0 Å². The molecular weight excluding hydrogens is 122 g/mol. The lowest BCUT2D eigenvalue weighted by Gasteiger charge is -2.08. The molecular formula is C9H13N. The summed E-state index contributed by atoms with van der Waals surface area (Å²) in [5.74, 6) is 0. The van der Waals surface area contributed by atoms with Gasteiger partial charge >= 0.3 is 0 Å². The van der Waals surface area contributed by atoms with E-state index in [9.17, 15) is 0 Å². The third kappa shape index (κ3) is 2.09. The molecule has 0 unspecified atom stereocenters. The Bertz CT molecular complexity index is 185. The zero-order valence-electron chi connectivity index (χ0n) is 6.54. The highest BCUT2D eigenvalue weighted by Crippen LogP contribution is 2.09. The summed E-state index contributed by atoms with van der Waals surface area (Å²) in [6.45, 7) is 0. The molecule has 54 valence electrons. The quantitative estimate of drug-likeness (QED) is 0.531. The molecule has 0 N–H and O–H groups in total. The van der Waals surface area contributed by atoms with E-state index in [0.717, 1.165) is 6.42 Å². The standard InChI is InChI=1S/C9H13N/c1-10(2)8-9-6-4-3-5-7-9/h3-6,8H,7H2,1-2H3. The molecule has 10 heavy (non-hydrogen) atoms. The summed E-state index contributed by atoms with van der Waals surface area (Å²) in [6, 6.07) is 0. The van der Waals surface area contributed by atoms with Crippen molar-refractivity contribution >= 4 is 0 Å². The number of allylic oxidation sites excluding steroid dienone is 5. The van der Waals surface area contributed by atoms with Crippen molar-refractivity contribution in [2.75, 3.05) is 14.1 Å². The van der Waals surface area contributed by atoms with E-state index in [1.807, 2.05) is 14.1 Å². The molecule has 0 aromatic rings. The molecule has 1 nitrogen and oxygen atoms in total. The molecule has 0 bridgehead atoms. The second kappa shape index (κ2) is 3.25. The summed E-state index contributed by atoms with van der Waals surface area (Å²) in [5, 5.41) is 0. The molecule has 1 aliphatic rings. The maximum Gasteiger partial charge on any atom is 0.00557 e. The fourth-order valence-corrected chi connectivity index (χ4v) is 0.957. The highest BCUT2D eigenvalue weighted by molar-refractivity contribution is 5.28. The van der Waals surface area contributed by atoms with Gasteiger partial charge in [0.15, 0.2) is 0 Å². The molecule has 0 aliphatic heterocycles. The maximum absolute atomic E-state index is 2.16. The summed E-state index contributed by atoms with van der Waals surface area (Å²) in [4.78, 5) is 2.07. The molecule has 0 saturated carbocycles. The lowest BCUT2D eigenvalue weighted by molar-refractivity contribution is 0.558. The van der Waals surface area contributed by atoms with Crippen LogP contribution < -0.4 is 0 Å². The number of hydrogen-bond acceptors (Lipinski definition) is 1. The Morgan fingerprint density at radius 3 is 2.70 bits per heavy atom. The van der Waals surface area contributed by atoms with Crippen LogP contribution in [0.15, 0.2) is 36.1 Å². The van der Waals surface area contributed by atoms with Gasteiger partial charge in [-0.2, -0.15) is 0 Å². The molecule has 0 saturated heterocycles. The Morgan fingerprint density at radius 2 is 2.20 bits per heavy atom. The number of nitrogens with zero attached hydrogens (tertiary/aromatic N) is 1. The van der Waals surface area contributed by atoms with Gasteiger partial charge in [0.05, 0.1) is 0 Å². The van der Waals surface area contributed by atoms with Gasteiger partial charge in [0.25, 0.3) is 0 Å². The topological polar surface area (TPSA) is 3.24 Å². The Balaban J connectivity index is 2.58. The third-order valence-electron chi connectivity index (χ3n) is 1.34. The minimum Gasteiger partial charge on any atom is -0.383 e. The van der Waals surface area contributed by atoms with E-state index >= 15 is 0 Å². The molecule has 0 atom stereocenters. The summed E-state index contributed by atoms with van der Waals surface area (Å²) in [6.07, 6.45) is 11.6.